The van der Waals surface area contributed by atoms with E-state index in [0.717, 1.165) is 37.2 Å². The summed E-state index contributed by atoms with van der Waals surface area (Å²) in [6.07, 6.45) is 2.80. The van der Waals surface area contributed by atoms with Crippen LogP contribution < -0.4 is 10.6 Å². The van der Waals surface area contributed by atoms with Crippen LogP contribution in [0.1, 0.15) is 43.6 Å². The Bertz CT molecular complexity index is 518. The third-order valence-corrected chi connectivity index (χ3v) is 4.59. The van der Waals surface area contributed by atoms with Gasteiger partial charge in [-0.05, 0) is 52.1 Å². The Labute approximate surface area is 151 Å². The lowest BCUT2D eigenvalue weighted by atomic mass is 9.96. The molecule has 1 saturated heterocycles. The minimum absolute atomic E-state index is 0. The molecule has 1 aromatic rings. The zero-order chi connectivity index (χ0) is 15.6. The quantitative estimate of drug-likeness (QED) is 0.861. The Kier molecular flexibility index (Phi) is 9.18. The number of nitrogens with one attached hydrogen (secondary N) is 2. The molecule has 0 bridgehead atoms. The molecule has 7 heteroatoms. The average molecular weight is 365 g/mol. The molecule has 23 heavy (non-hydrogen) atoms. The van der Waals surface area contributed by atoms with E-state index in [1.54, 1.807) is 0 Å². The number of aryl methyl sites for hydroxylation is 2. The van der Waals surface area contributed by atoms with Gasteiger partial charge in [0, 0.05) is 30.7 Å². The first-order valence-corrected chi connectivity index (χ1v) is 7.91. The summed E-state index contributed by atoms with van der Waals surface area (Å²) in [5, 5.41) is 11.0. The Morgan fingerprint density at radius 3 is 2.61 bits per heavy atom. The third-order valence-electron chi connectivity index (χ3n) is 4.59. The van der Waals surface area contributed by atoms with Crippen LogP contribution >= 0.6 is 24.8 Å². The molecule has 1 aliphatic heterocycles. The van der Waals surface area contributed by atoms with E-state index in [4.69, 9.17) is 0 Å². The van der Waals surface area contributed by atoms with Crippen molar-refractivity contribution in [3.63, 3.8) is 0 Å². The Hall–Kier alpha value is -0.780. The lowest BCUT2D eigenvalue weighted by molar-refractivity contribution is -0.125. The topological polar surface area (TPSA) is 59.0 Å². The van der Waals surface area contributed by atoms with E-state index in [9.17, 15) is 4.79 Å². The largest absolute Gasteiger partial charge is 0.353 e. The molecule has 0 saturated carbocycles. The summed E-state index contributed by atoms with van der Waals surface area (Å²) in [4.78, 5) is 12.4. The van der Waals surface area contributed by atoms with Gasteiger partial charge in [-0.3, -0.25) is 9.48 Å². The normalized spacial score (nSPS) is 21.8. The van der Waals surface area contributed by atoms with Gasteiger partial charge < -0.3 is 10.6 Å². The number of aromatic nitrogens is 2. The van der Waals surface area contributed by atoms with E-state index in [1.807, 2.05) is 25.6 Å². The van der Waals surface area contributed by atoms with E-state index in [2.05, 4.69) is 29.6 Å². The second kappa shape index (κ2) is 9.50. The van der Waals surface area contributed by atoms with Crippen LogP contribution in [0, 0.1) is 19.8 Å². The summed E-state index contributed by atoms with van der Waals surface area (Å²) in [6, 6.07) is 0.800. The van der Waals surface area contributed by atoms with Crippen LogP contribution in [0.5, 0.6) is 0 Å². The molecule has 0 spiro atoms. The van der Waals surface area contributed by atoms with Crippen molar-refractivity contribution in [1.82, 2.24) is 20.4 Å². The van der Waals surface area contributed by atoms with Gasteiger partial charge in [-0.25, -0.2) is 0 Å². The Balaban J connectivity index is 0.00000242. The summed E-state index contributed by atoms with van der Waals surface area (Å²) < 4.78 is 1.89. The molecule has 3 atom stereocenters. The third kappa shape index (κ3) is 5.66. The van der Waals surface area contributed by atoms with Crippen molar-refractivity contribution in [2.24, 2.45) is 13.0 Å². The predicted octanol–water partition coefficient (Wildman–Crippen LogP) is 2.32. The van der Waals surface area contributed by atoms with Gasteiger partial charge in [0.2, 0.25) is 5.91 Å². The number of halogens is 2. The van der Waals surface area contributed by atoms with Crippen molar-refractivity contribution >= 4 is 30.7 Å². The van der Waals surface area contributed by atoms with Crippen molar-refractivity contribution in [3.8, 4) is 0 Å². The number of rotatable bonds is 4. The van der Waals surface area contributed by atoms with E-state index in [0.29, 0.717) is 12.1 Å². The van der Waals surface area contributed by atoms with Crippen molar-refractivity contribution in [2.75, 3.05) is 6.54 Å². The minimum atomic E-state index is -0.0169. The van der Waals surface area contributed by atoms with E-state index < -0.39 is 0 Å². The molecule has 3 unspecified atom stereocenters. The maximum absolute atomic E-state index is 12.4. The average Bonchev–Trinajstić information content (AvgIpc) is 2.65. The van der Waals surface area contributed by atoms with E-state index in [1.165, 1.54) is 5.56 Å². The molecule has 5 nitrogen and oxygen atoms in total. The number of hydrogen-bond donors (Lipinski definition) is 2. The van der Waals surface area contributed by atoms with Gasteiger partial charge >= 0.3 is 0 Å². The molecule has 1 aromatic heterocycles. The fourth-order valence-electron chi connectivity index (χ4n) is 3.12. The summed E-state index contributed by atoms with van der Waals surface area (Å²) in [7, 11) is 1.95. The van der Waals surface area contributed by atoms with Gasteiger partial charge in [-0.15, -0.1) is 24.8 Å². The second-order valence-electron chi connectivity index (χ2n) is 6.46. The summed E-state index contributed by atoms with van der Waals surface area (Å²) >= 11 is 0. The number of nitrogens with zero attached hydrogens (tertiary/aromatic N) is 2. The Morgan fingerprint density at radius 1 is 1.43 bits per heavy atom. The number of amides is 1. The van der Waals surface area contributed by atoms with Gasteiger partial charge in [-0.2, -0.15) is 5.10 Å². The van der Waals surface area contributed by atoms with E-state index >= 15 is 0 Å². The molecule has 0 aliphatic carbocycles. The van der Waals surface area contributed by atoms with Crippen LogP contribution in [-0.4, -0.2) is 34.3 Å². The van der Waals surface area contributed by atoms with Crippen molar-refractivity contribution in [2.45, 2.75) is 59.0 Å². The highest BCUT2D eigenvalue weighted by Gasteiger charge is 2.23. The number of carbonyl (C=O) groups is 1. The van der Waals surface area contributed by atoms with Gasteiger partial charge in [0.15, 0.2) is 0 Å². The van der Waals surface area contributed by atoms with Crippen molar-refractivity contribution in [3.05, 3.63) is 17.0 Å². The molecule has 1 fully saturated rings. The molecule has 2 heterocycles. The van der Waals surface area contributed by atoms with Gasteiger partial charge in [0.05, 0.1) is 5.69 Å². The molecule has 0 aromatic carbocycles. The van der Waals surface area contributed by atoms with Crippen LogP contribution in [-0.2, 0) is 18.3 Å². The molecule has 2 rings (SSSR count). The van der Waals surface area contributed by atoms with Gasteiger partial charge in [-0.1, -0.05) is 6.92 Å². The first-order valence-electron chi connectivity index (χ1n) is 7.91. The highest BCUT2D eigenvalue weighted by atomic mass is 35.5. The maximum atomic E-state index is 12.4. The molecule has 1 aliphatic rings. The fourth-order valence-corrected chi connectivity index (χ4v) is 3.12. The van der Waals surface area contributed by atoms with Crippen LogP contribution in [0.25, 0.3) is 0 Å². The lowest BCUT2D eigenvalue weighted by Crippen LogP contribution is -2.48. The van der Waals surface area contributed by atoms with E-state index in [-0.39, 0.29) is 36.6 Å². The molecular formula is C16H30Cl2N4O. The summed E-state index contributed by atoms with van der Waals surface area (Å²) in [5.41, 5.74) is 3.40. The highest BCUT2D eigenvalue weighted by Crippen LogP contribution is 2.17. The number of hydrogen-bond acceptors (Lipinski definition) is 3. The Morgan fingerprint density at radius 2 is 2.09 bits per heavy atom. The van der Waals surface area contributed by atoms with Crippen molar-refractivity contribution in [1.29, 1.82) is 0 Å². The molecular weight excluding hydrogens is 335 g/mol. The summed E-state index contributed by atoms with van der Waals surface area (Å²) in [6.45, 7) is 9.24. The molecule has 134 valence electrons. The SMILES string of the molecule is Cc1nn(C)c(C)c1CC(C)C(=O)NC1CCNC(C)C1.Cl.Cl. The molecule has 0 radical (unpaired) electrons. The lowest BCUT2D eigenvalue weighted by Gasteiger charge is -2.29. The van der Waals surface area contributed by atoms with Crippen molar-refractivity contribution < 1.29 is 4.79 Å². The molecule has 2 N–H and O–H groups in total. The molecule has 1 amide bonds. The number of carbonyl (C=O) groups excluding carboxylic acids is 1. The van der Waals surface area contributed by atoms with Crippen LogP contribution in [0.4, 0.5) is 0 Å². The summed E-state index contributed by atoms with van der Waals surface area (Å²) in [5.74, 6) is 0.147. The standard InChI is InChI=1S/C16H28N4O.2ClH/c1-10(8-15-12(3)19-20(5)13(15)4)16(21)18-14-6-7-17-11(2)9-14;;/h10-11,14,17H,6-9H2,1-5H3,(H,18,21);2*1H. The van der Waals surface area contributed by atoms with Crippen LogP contribution in [0.2, 0.25) is 0 Å². The second-order valence-corrected chi connectivity index (χ2v) is 6.46. The smallest absolute Gasteiger partial charge is 0.223 e. The monoisotopic (exact) mass is 364 g/mol. The van der Waals surface area contributed by atoms with Crippen LogP contribution in [0.3, 0.4) is 0 Å². The fraction of sp³-hybridized carbons (Fsp3) is 0.750. The minimum Gasteiger partial charge on any atom is -0.353 e. The zero-order valence-corrected chi connectivity index (χ0v) is 16.3. The predicted molar refractivity (Wildman–Crippen MR) is 98.7 cm³/mol. The van der Waals surface area contributed by atoms with Crippen LogP contribution in [0.15, 0.2) is 0 Å². The van der Waals surface area contributed by atoms with Gasteiger partial charge in [0.1, 0.15) is 0 Å². The maximum Gasteiger partial charge on any atom is 0.223 e. The van der Waals surface area contributed by atoms with Gasteiger partial charge in [0.25, 0.3) is 0 Å². The zero-order valence-electron chi connectivity index (χ0n) is 14.7. The first-order chi connectivity index (χ1) is 9.88. The number of piperidine rings is 1. The first kappa shape index (κ1) is 22.2. The highest BCUT2D eigenvalue weighted by molar-refractivity contribution is 5.85.